The highest BCUT2D eigenvalue weighted by Crippen LogP contribution is 2.06. The number of carbonyl (C=O) groups is 1. The minimum absolute atomic E-state index is 0.0748. The van der Waals surface area contributed by atoms with Gasteiger partial charge in [-0.3, -0.25) is 4.79 Å². The molecule has 1 unspecified atom stereocenters. The van der Waals surface area contributed by atoms with Gasteiger partial charge in [-0.1, -0.05) is 4.49 Å². The molecule has 0 saturated carbocycles. The van der Waals surface area contributed by atoms with Gasteiger partial charge in [0.15, 0.2) is 0 Å². The van der Waals surface area contributed by atoms with Gasteiger partial charge in [-0.25, -0.2) is 0 Å². The van der Waals surface area contributed by atoms with Gasteiger partial charge in [-0.05, 0) is 30.8 Å². The minimum atomic E-state index is -0.0748. The van der Waals surface area contributed by atoms with Crippen LogP contribution in [0.25, 0.3) is 0 Å². The van der Waals surface area contributed by atoms with E-state index in [-0.39, 0.29) is 11.9 Å². The fraction of sp³-hybridized carbons (Fsp3) is 0.667. The molecule has 6 heteroatoms. The van der Waals surface area contributed by atoms with Crippen molar-refractivity contribution >= 4 is 17.4 Å². The second kappa shape index (κ2) is 5.18. The van der Waals surface area contributed by atoms with Gasteiger partial charge in [0.2, 0.25) is 5.91 Å². The van der Waals surface area contributed by atoms with Gasteiger partial charge in [0, 0.05) is 18.5 Å². The Morgan fingerprint density at radius 2 is 2.53 bits per heavy atom. The highest BCUT2D eigenvalue weighted by Gasteiger charge is 2.19. The Labute approximate surface area is 92.4 Å². The predicted octanol–water partition coefficient (Wildman–Crippen LogP) is 0.296. The van der Waals surface area contributed by atoms with Crippen molar-refractivity contribution in [3.8, 4) is 0 Å². The second-order valence-electron chi connectivity index (χ2n) is 3.62. The lowest BCUT2D eigenvalue weighted by Gasteiger charge is -2.13. The molecule has 1 aromatic rings. The molecule has 1 fully saturated rings. The first kappa shape index (κ1) is 10.5. The molecule has 0 bridgehead atoms. The zero-order valence-electron chi connectivity index (χ0n) is 8.40. The van der Waals surface area contributed by atoms with Crippen LogP contribution in [-0.2, 0) is 11.3 Å². The topological polar surface area (TPSA) is 66.9 Å². The van der Waals surface area contributed by atoms with Gasteiger partial charge in [0.05, 0.1) is 11.7 Å². The summed E-state index contributed by atoms with van der Waals surface area (Å²) in [5.74, 6) is 0.107. The maximum Gasteiger partial charge on any atom is 0.237 e. The number of hydrogen-bond acceptors (Lipinski definition) is 5. The van der Waals surface area contributed by atoms with E-state index in [1.165, 1.54) is 11.5 Å². The van der Waals surface area contributed by atoms with Crippen molar-refractivity contribution in [3.63, 3.8) is 0 Å². The Morgan fingerprint density at radius 1 is 1.60 bits per heavy atom. The SMILES string of the molecule is O=C1NCCCCC1NCc1csnn1. The van der Waals surface area contributed by atoms with Gasteiger partial charge >= 0.3 is 0 Å². The molecule has 0 aromatic carbocycles. The summed E-state index contributed by atoms with van der Waals surface area (Å²) >= 11 is 1.33. The van der Waals surface area contributed by atoms with Gasteiger partial charge < -0.3 is 10.6 Å². The molecule has 0 aliphatic carbocycles. The lowest BCUT2D eigenvalue weighted by Crippen LogP contribution is -2.42. The zero-order chi connectivity index (χ0) is 10.5. The van der Waals surface area contributed by atoms with Gasteiger partial charge in [0.25, 0.3) is 0 Å². The molecule has 1 aromatic heterocycles. The molecular weight excluding hydrogens is 212 g/mol. The van der Waals surface area contributed by atoms with Crippen molar-refractivity contribution in [2.45, 2.75) is 31.8 Å². The van der Waals surface area contributed by atoms with Crippen molar-refractivity contribution in [2.24, 2.45) is 0 Å². The van der Waals surface area contributed by atoms with Crippen LogP contribution >= 0.6 is 11.5 Å². The Kier molecular flexibility index (Phi) is 3.63. The molecule has 1 aliphatic heterocycles. The summed E-state index contributed by atoms with van der Waals surface area (Å²) in [5.41, 5.74) is 0.900. The van der Waals surface area contributed by atoms with Crippen LogP contribution in [0.2, 0.25) is 0 Å². The third-order valence-corrected chi connectivity index (χ3v) is 3.02. The molecule has 0 spiro atoms. The van der Waals surface area contributed by atoms with Crippen LogP contribution in [0.15, 0.2) is 5.38 Å². The molecular formula is C9H14N4OS. The van der Waals surface area contributed by atoms with Gasteiger partial charge in [0.1, 0.15) is 0 Å². The first-order valence-electron chi connectivity index (χ1n) is 5.13. The number of aromatic nitrogens is 2. The Hall–Kier alpha value is -1.01. The van der Waals surface area contributed by atoms with Crippen LogP contribution in [-0.4, -0.2) is 28.1 Å². The molecule has 2 N–H and O–H groups in total. The lowest BCUT2D eigenvalue weighted by molar-refractivity contribution is -0.122. The lowest BCUT2D eigenvalue weighted by atomic mass is 10.1. The van der Waals surface area contributed by atoms with E-state index in [0.29, 0.717) is 6.54 Å². The maximum absolute atomic E-state index is 11.6. The number of hydrogen-bond donors (Lipinski definition) is 2. The van der Waals surface area contributed by atoms with E-state index in [0.717, 1.165) is 31.5 Å². The molecule has 5 nitrogen and oxygen atoms in total. The van der Waals surface area contributed by atoms with Crippen LogP contribution in [0.3, 0.4) is 0 Å². The summed E-state index contributed by atoms with van der Waals surface area (Å²) in [4.78, 5) is 11.6. The van der Waals surface area contributed by atoms with E-state index in [2.05, 4.69) is 20.2 Å². The first-order chi connectivity index (χ1) is 7.36. The summed E-state index contributed by atoms with van der Waals surface area (Å²) in [6.45, 7) is 1.42. The Balaban J connectivity index is 1.84. The molecule has 1 amide bonds. The molecule has 82 valence electrons. The Morgan fingerprint density at radius 3 is 3.33 bits per heavy atom. The summed E-state index contributed by atoms with van der Waals surface area (Å²) in [6.07, 6.45) is 3.07. The standard InChI is InChI=1S/C9H14N4OS/c14-9-8(3-1-2-4-10-9)11-5-7-6-15-13-12-7/h6,8,11H,1-5H2,(H,10,14). The molecule has 1 saturated heterocycles. The first-order valence-corrected chi connectivity index (χ1v) is 5.97. The highest BCUT2D eigenvalue weighted by atomic mass is 32.1. The molecule has 1 atom stereocenters. The van der Waals surface area contributed by atoms with Gasteiger partial charge in [-0.2, -0.15) is 0 Å². The molecule has 2 heterocycles. The number of rotatable bonds is 3. The average molecular weight is 226 g/mol. The Bertz CT molecular complexity index is 314. The largest absolute Gasteiger partial charge is 0.355 e. The number of nitrogens with one attached hydrogen (secondary N) is 2. The number of carbonyl (C=O) groups excluding carboxylic acids is 1. The van der Waals surface area contributed by atoms with E-state index in [4.69, 9.17) is 0 Å². The monoisotopic (exact) mass is 226 g/mol. The van der Waals surface area contributed by atoms with Crippen molar-refractivity contribution in [1.29, 1.82) is 0 Å². The van der Waals surface area contributed by atoms with Crippen LogP contribution in [0, 0.1) is 0 Å². The van der Waals surface area contributed by atoms with Crippen LogP contribution < -0.4 is 10.6 Å². The molecule has 2 rings (SSSR count). The molecule has 0 radical (unpaired) electrons. The van der Waals surface area contributed by atoms with Crippen molar-refractivity contribution < 1.29 is 4.79 Å². The van der Waals surface area contributed by atoms with E-state index in [9.17, 15) is 4.79 Å². The summed E-state index contributed by atoms with van der Waals surface area (Å²) in [7, 11) is 0. The van der Waals surface area contributed by atoms with Crippen molar-refractivity contribution in [2.75, 3.05) is 6.54 Å². The highest BCUT2D eigenvalue weighted by molar-refractivity contribution is 7.03. The second-order valence-corrected chi connectivity index (χ2v) is 4.23. The summed E-state index contributed by atoms with van der Waals surface area (Å²) in [5, 5.41) is 11.9. The fourth-order valence-electron chi connectivity index (χ4n) is 1.62. The molecule has 15 heavy (non-hydrogen) atoms. The fourth-order valence-corrected chi connectivity index (χ4v) is 2.07. The summed E-state index contributed by atoms with van der Waals surface area (Å²) < 4.78 is 3.77. The van der Waals surface area contributed by atoms with Crippen LogP contribution in [0.5, 0.6) is 0 Å². The van der Waals surface area contributed by atoms with Crippen molar-refractivity contribution in [1.82, 2.24) is 20.2 Å². The quantitative estimate of drug-likeness (QED) is 0.777. The normalized spacial score (nSPS) is 22.1. The molecule has 1 aliphatic rings. The summed E-state index contributed by atoms with van der Waals surface area (Å²) in [6, 6.07) is -0.0748. The third-order valence-electron chi connectivity index (χ3n) is 2.47. The number of amides is 1. The number of nitrogens with zero attached hydrogens (tertiary/aromatic N) is 2. The van der Waals surface area contributed by atoms with E-state index < -0.39 is 0 Å². The zero-order valence-corrected chi connectivity index (χ0v) is 9.22. The van der Waals surface area contributed by atoms with Gasteiger partial charge in [-0.15, -0.1) is 5.10 Å². The van der Waals surface area contributed by atoms with Crippen molar-refractivity contribution in [3.05, 3.63) is 11.1 Å². The van der Waals surface area contributed by atoms with E-state index in [1.54, 1.807) is 0 Å². The van der Waals surface area contributed by atoms with Crippen LogP contribution in [0.4, 0.5) is 0 Å². The third kappa shape index (κ3) is 2.97. The average Bonchev–Trinajstić information content (AvgIpc) is 2.67. The smallest absolute Gasteiger partial charge is 0.237 e. The van der Waals surface area contributed by atoms with E-state index >= 15 is 0 Å². The minimum Gasteiger partial charge on any atom is -0.355 e. The van der Waals surface area contributed by atoms with Crippen LogP contribution in [0.1, 0.15) is 25.0 Å². The maximum atomic E-state index is 11.6. The van der Waals surface area contributed by atoms with E-state index in [1.807, 2.05) is 5.38 Å². The predicted molar refractivity (Wildman–Crippen MR) is 57.4 cm³/mol.